The third-order valence-electron chi connectivity index (χ3n) is 4.47. The first-order valence-electron chi connectivity index (χ1n) is 9.78. The fourth-order valence-corrected chi connectivity index (χ4v) is 3.45. The highest BCUT2D eigenvalue weighted by molar-refractivity contribution is 7.80. The number of halogens is 1. The first-order chi connectivity index (χ1) is 15.0. The summed E-state index contributed by atoms with van der Waals surface area (Å²) in [4.78, 5) is 15.0. The molecule has 5 nitrogen and oxygen atoms in total. The lowest BCUT2D eigenvalue weighted by atomic mass is 9.97. The Morgan fingerprint density at radius 1 is 1.06 bits per heavy atom. The van der Waals surface area contributed by atoms with Crippen molar-refractivity contribution in [2.24, 2.45) is 0 Å². The number of carboxylic acid groups (broad SMARTS) is 1. The molecular weight excluding hydrogens is 430 g/mol. The number of carboxylic acids is 1. The van der Waals surface area contributed by atoms with Gasteiger partial charge in [-0.25, -0.2) is 0 Å². The molecule has 3 aromatic rings. The third-order valence-corrected chi connectivity index (χ3v) is 5.00. The number of nitrogens with one attached hydrogen (secondary N) is 2. The number of hydrogen-bond acceptors (Lipinski definition) is 3. The van der Waals surface area contributed by atoms with E-state index in [0.29, 0.717) is 23.0 Å². The molecule has 0 unspecified atom stereocenters. The summed E-state index contributed by atoms with van der Waals surface area (Å²) in [5, 5.41) is 16.2. The van der Waals surface area contributed by atoms with Gasteiger partial charge in [-0.1, -0.05) is 48.0 Å². The van der Waals surface area contributed by atoms with Crippen LogP contribution in [0.15, 0.2) is 79.1 Å². The summed E-state index contributed by atoms with van der Waals surface area (Å²) in [5.74, 6) is -0.790. The number of nitrogens with zero attached hydrogens (tertiary/aromatic N) is 1. The highest BCUT2D eigenvalue weighted by Gasteiger charge is 2.08. The van der Waals surface area contributed by atoms with Gasteiger partial charge in [-0.3, -0.25) is 9.78 Å². The topological polar surface area (TPSA) is 74.2 Å². The Morgan fingerprint density at radius 2 is 1.87 bits per heavy atom. The molecule has 0 aliphatic heterocycles. The number of unbranched alkanes of at least 4 members (excludes halogenated alkanes) is 1. The van der Waals surface area contributed by atoms with Gasteiger partial charge in [0, 0.05) is 30.1 Å². The van der Waals surface area contributed by atoms with Crippen LogP contribution in [0.3, 0.4) is 0 Å². The van der Waals surface area contributed by atoms with Gasteiger partial charge in [0.05, 0.1) is 10.7 Å². The van der Waals surface area contributed by atoms with Gasteiger partial charge in [-0.2, -0.15) is 0 Å². The van der Waals surface area contributed by atoms with E-state index >= 15 is 0 Å². The number of anilines is 2. The minimum atomic E-state index is -0.790. The maximum atomic E-state index is 10.8. The normalized spacial score (nSPS) is 11.1. The van der Waals surface area contributed by atoms with E-state index in [-0.39, 0.29) is 6.42 Å². The molecule has 0 saturated heterocycles. The van der Waals surface area contributed by atoms with Crippen LogP contribution < -0.4 is 10.6 Å². The molecule has 0 spiro atoms. The molecule has 0 saturated carbocycles. The van der Waals surface area contributed by atoms with E-state index in [1.807, 2.05) is 54.6 Å². The summed E-state index contributed by atoms with van der Waals surface area (Å²) in [6, 6.07) is 19.1. The van der Waals surface area contributed by atoms with Gasteiger partial charge >= 0.3 is 5.97 Å². The van der Waals surface area contributed by atoms with Crippen LogP contribution in [0.25, 0.3) is 5.57 Å². The lowest BCUT2D eigenvalue weighted by Crippen LogP contribution is -2.19. The van der Waals surface area contributed by atoms with Gasteiger partial charge in [-0.15, -0.1) is 0 Å². The van der Waals surface area contributed by atoms with E-state index in [2.05, 4.69) is 21.7 Å². The van der Waals surface area contributed by atoms with Crippen LogP contribution >= 0.6 is 23.8 Å². The van der Waals surface area contributed by atoms with Crippen molar-refractivity contribution in [2.45, 2.75) is 19.3 Å². The molecule has 3 rings (SSSR count). The Balaban J connectivity index is 1.78. The number of benzene rings is 2. The van der Waals surface area contributed by atoms with E-state index in [1.165, 1.54) is 0 Å². The molecule has 0 atom stereocenters. The van der Waals surface area contributed by atoms with Crippen LogP contribution in [0, 0.1) is 0 Å². The SMILES string of the molecule is O=C(O)CCCC=C(c1cccnc1)c1cccc(NC(=S)Nc2ccccc2Cl)c1. The minimum absolute atomic E-state index is 0.139. The first-order valence-corrected chi connectivity index (χ1v) is 10.6. The van der Waals surface area contributed by atoms with E-state index < -0.39 is 5.97 Å². The maximum Gasteiger partial charge on any atom is 0.303 e. The second kappa shape index (κ2) is 11.2. The standard InChI is InChI=1S/C24H22ClN3O2S/c25-21-11-2-3-12-22(21)28-24(31)27-19-9-5-7-17(15-19)20(10-1-4-13-23(29)30)18-8-6-14-26-16-18/h2-3,5-12,14-16H,1,4,13H2,(H,29,30)(H2,27,28,31). The number of hydrogen-bond donors (Lipinski definition) is 3. The molecule has 158 valence electrons. The van der Waals surface area contributed by atoms with Crippen molar-refractivity contribution < 1.29 is 9.90 Å². The van der Waals surface area contributed by atoms with Crippen LogP contribution in [-0.2, 0) is 4.79 Å². The van der Waals surface area contributed by atoms with Gasteiger partial charge in [0.1, 0.15) is 0 Å². The zero-order valence-electron chi connectivity index (χ0n) is 16.7. The fourth-order valence-electron chi connectivity index (χ4n) is 3.04. The Kier molecular flexibility index (Phi) is 8.15. The number of carbonyl (C=O) groups is 1. The van der Waals surface area contributed by atoms with Crippen molar-refractivity contribution in [2.75, 3.05) is 10.6 Å². The average molecular weight is 452 g/mol. The number of aromatic nitrogens is 1. The third kappa shape index (κ3) is 6.91. The maximum absolute atomic E-state index is 10.8. The van der Waals surface area contributed by atoms with E-state index in [9.17, 15) is 4.79 Å². The van der Waals surface area contributed by atoms with Gasteiger partial charge < -0.3 is 15.7 Å². The van der Waals surface area contributed by atoms with Gasteiger partial charge in [0.25, 0.3) is 0 Å². The minimum Gasteiger partial charge on any atom is -0.481 e. The van der Waals surface area contributed by atoms with Crippen molar-refractivity contribution in [3.63, 3.8) is 0 Å². The van der Waals surface area contributed by atoms with Gasteiger partial charge in [0.15, 0.2) is 5.11 Å². The molecule has 0 aliphatic carbocycles. The second-order valence-corrected chi connectivity index (χ2v) is 7.60. The lowest BCUT2D eigenvalue weighted by molar-refractivity contribution is -0.137. The second-order valence-electron chi connectivity index (χ2n) is 6.79. The number of thiocarbonyl (C=S) groups is 1. The number of rotatable bonds is 8. The lowest BCUT2D eigenvalue weighted by Gasteiger charge is -2.14. The number of aliphatic carboxylic acids is 1. The molecule has 0 amide bonds. The largest absolute Gasteiger partial charge is 0.481 e. The summed E-state index contributed by atoms with van der Waals surface area (Å²) >= 11 is 11.6. The van der Waals surface area contributed by atoms with Crippen molar-refractivity contribution in [3.05, 3.63) is 95.3 Å². The van der Waals surface area contributed by atoms with Gasteiger partial charge in [-0.05, 0) is 66.5 Å². The van der Waals surface area contributed by atoms with Gasteiger partial charge in [0.2, 0.25) is 0 Å². The number of para-hydroxylation sites is 1. The van der Waals surface area contributed by atoms with Crippen LogP contribution in [0.4, 0.5) is 11.4 Å². The highest BCUT2D eigenvalue weighted by atomic mass is 35.5. The predicted octanol–water partition coefficient (Wildman–Crippen LogP) is 6.23. The zero-order chi connectivity index (χ0) is 22.1. The van der Waals surface area contributed by atoms with Crippen LogP contribution in [0.5, 0.6) is 0 Å². The summed E-state index contributed by atoms with van der Waals surface area (Å²) < 4.78 is 0. The van der Waals surface area contributed by atoms with E-state index in [0.717, 1.165) is 28.1 Å². The molecule has 0 aliphatic rings. The first kappa shape index (κ1) is 22.5. The molecule has 0 bridgehead atoms. The molecule has 2 aromatic carbocycles. The summed E-state index contributed by atoms with van der Waals surface area (Å²) in [7, 11) is 0. The molecule has 0 fully saturated rings. The Hall–Kier alpha value is -3.22. The van der Waals surface area contributed by atoms with Crippen LogP contribution in [0.2, 0.25) is 5.02 Å². The molecule has 31 heavy (non-hydrogen) atoms. The van der Waals surface area contributed by atoms with Crippen molar-refractivity contribution >= 4 is 51.8 Å². The smallest absolute Gasteiger partial charge is 0.303 e. The molecule has 1 aromatic heterocycles. The van der Waals surface area contributed by atoms with Crippen molar-refractivity contribution in [1.82, 2.24) is 4.98 Å². The average Bonchev–Trinajstić information content (AvgIpc) is 2.76. The zero-order valence-corrected chi connectivity index (χ0v) is 18.3. The van der Waals surface area contributed by atoms with Crippen LogP contribution in [0.1, 0.15) is 30.4 Å². The van der Waals surface area contributed by atoms with Crippen molar-refractivity contribution in [3.8, 4) is 0 Å². The Labute approximate surface area is 191 Å². The highest BCUT2D eigenvalue weighted by Crippen LogP contribution is 2.27. The van der Waals surface area contributed by atoms with E-state index in [4.69, 9.17) is 28.9 Å². The monoisotopic (exact) mass is 451 g/mol. The molecular formula is C24H22ClN3O2S. The fraction of sp³-hybridized carbons (Fsp3) is 0.125. The molecule has 7 heteroatoms. The summed E-state index contributed by atoms with van der Waals surface area (Å²) in [6.45, 7) is 0. The predicted molar refractivity (Wildman–Crippen MR) is 131 cm³/mol. The van der Waals surface area contributed by atoms with E-state index in [1.54, 1.807) is 18.5 Å². The molecule has 3 N–H and O–H groups in total. The van der Waals surface area contributed by atoms with Crippen LogP contribution in [-0.4, -0.2) is 21.2 Å². The quantitative estimate of drug-likeness (QED) is 0.278. The number of pyridine rings is 1. The van der Waals surface area contributed by atoms with Crippen molar-refractivity contribution in [1.29, 1.82) is 0 Å². The molecule has 0 radical (unpaired) electrons. The summed E-state index contributed by atoms with van der Waals surface area (Å²) in [6.07, 6.45) is 6.94. The Bertz CT molecular complexity index is 1090. The Morgan fingerprint density at radius 3 is 2.61 bits per heavy atom. The molecule has 1 heterocycles. The number of allylic oxidation sites excluding steroid dienone is 1. The summed E-state index contributed by atoms with van der Waals surface area (Å²) in [5.41, 5.74) is 4.49.